The van der Waals surface area contributed by atoms with Crippen molar-refractivity contribution >= 4 is 56.3 Å². The molecule has 10 aromatic rings. The predicted molar refractivity (Wildman–Crippen MR) is 342 cm³/mol. The third kappa shape index (κ3) is 11.6. The molecule has 468 valence electrons. The number of fused-ring (bicyclic) bond motifs is 8. The minimum atomic E-state index is -0.0547. The van der Waals surface area contributed by atoms with Crippen LogP contribution in [0.25, 0.3) is 88.6 Å². The van der Waals surface area contributed by atoms with Crippen molar-refractivity contribution in [2.75, 3.05) is 80.9 Å². The molecule has 2 saturated heterocycles. The first kappa shape index (κ1) is 62.8. The molecule has 22 nitrogen and oxygen atoms in total. The number of benzene rings is 4. The third-order valence-electron chi connectivity index (χ3n) is 17.0. The maximum Gasteiger partial charge on any atom is 0.298 e. The summed E-state index contributed by atoms with van der Waals surface area (Å²) in [6.45, 7) is 21.0. The lowest BCUT2D eigenvalue weighted by atomic mass is 9.98. The van der Waals surface area contributed by atoms with Gasteiger partial charge in [0.2, 0.25) is 5.75 Å². The quantitative estimate of drug-likeness (QED) is 0.128. The molecule has 2 fully saturated rings. The number of likely N-dealkylation sites (N-methyl/N-ethyl adjacent to an activating group) is 1. The number of piperazine rings is 1. The van der Waals surface area contributed by atoms with Gasteiger partial charge in [-0.1, -0.05) is 31.6 Å². The number of carbonyl (C=O) groups excluding carboxylic acids is 2. The number of rotatable bonds is 9. The summed E-state index contributed by atoms with van der Waals surface area (Å²) >= 11 is 0. The second-order valence-electron chi connectivity index (χ2n) is 22.6. The third-order valence-corrected chi connectivity index (χ3v) is 17.0. The summed E-state index contributed by atoms with van der Waals surface area (Å²) in [5.74, 6) is 6.00. The Balaban J connectivity index is 0.000000173. The van der Waals surface area contributed by atoms with Crippen LogP contribution in [0, 0.1) is 41.5 Å². The van der Waals surface area contributed by atoms with Crippen LogP contribution in [0.5, 0.6) is 40.2 Å². The van der Waals surface area contributed by atoms with Crippen LogP contribution >= 0.6 is 0 Å². The zero-order valence-electron chi connectivity index (χ0n) is 51.1. The molecule has 10 heterocycles. The number of H-pyrrole nitrogens is 2. The number of methoxy groups -OCH3 is 2. The molecule has 0 bridgehead atoms. The molecule has 4 aromatic carbocycles. The Hall–Kier alpha value is -9.28. The monoisotopic (exact) mass is 1210 g/mol. The Kier molecular flexibility index (Phi) is 18.2. The maximum absolute atomic E-state index is 13.7. The zero-order valence-corrected chi connectivity index (χ0v) is 51.1. The van der Waals surface area contributed by atoms with Crippen molar-refractivity contribution in [2.24, 2.45) is 0 Å². The van der Waals surface area contributed by atoms with Crippen LogP contribution in [0.2, 0.25) is 0 Å². The smallest absolute Gasteiger partial charge is 0.298 e. The standard InChI is InChI=1S/C32H34N6O5.C26H22N4O6.C7H15N.2CH4/c1-16-15-38(10-9-37(16)5)32(39)21-8-7-20(29-30(21)42-12-11-41-29)28-27-22-14-25(40-6)23(26-17(2)36-43-18(26)3)13-24(22)35-31(27)34-19(4)33-28;1-12-21(13(2)36-30-12)17-9-18-16(10-20(17)32-4)22-23(27-14(3)28-26(22)29-18)15-5-6-19(35-11-31)25-24(15)33-7-8-34-25;1-7-5-3-4-6-8(7)2;;/h7-8,13-14,16H,9-12,15H2,1-6H3,(H,33,34,35);5-6,9-11H,7-8H2,1-4H3,(H,27,28,29);7H,3-6H2,1-2H3;2*1H4/t16-;;7-;;/m0.0../s1. The van der Waals surface area contributed by atoms with E-state index in [2.05, 4.69) is 63.0 Å². The van der Waals surface area contributed by atoms with Crippen LogP contribution in [0.3, 0.4) is 0 Å². The summed E-state index contributed by atoms with van der Waals surface area (Å²) in [6, 6.07) is 16.3. The first-order valence-corrected chi connectivity index (χ1v) is 29.3. The van der Waals surface area contributed by atoms with Gasteiger partial charge in [0.25, 0.3) is 12.4 Å². The van der Waals surface area contributed by atoms with Crippen molar-refractivity contribution in [2.45, 2.75) is 102 Å². The Morgan fingerprint density at radius 2 is 1.08 bits per heavy atom. The first-order valence-electron chi connectivity index (χ1n) is 29.3. The number of ether oxygens (including phenoxy) is 7. The van der Waals surface area contributed by atoms with Gasteiger partial charge in [-0.05, 0) is 137 Å². The molecule has 2 N–H and O–H groups in total. The van der Waals surface area contributed by atoms with Gasteiger partial charge in [-0.2, -0.15) is 0 Å². The molecule has 6 aromatic heterocycles. The molecule has 2 atom stereocenters. The lowest BCUT2D eigenvalue weighted by Gasteiger charge is -2.38. The molecule has 0 spiro atoms. The van der Waals surface area contributed by atoms with Crippen LogP contribution in [0.4, 0.5) is 0 Å². The van der Waals surface area contributed by atoms with Crippen molar-refractivity contribution in [1.82, 2.24) is 54.9 Å². The Labute approximate surface area is 517 Å². The molecule has 14 rings (SSSR count). The number of hydrogen-bond acceptors (Lipinski definition) is 19. The molecular formula is C67H79N11O11. The predicted octanol–water partition coefficient (Wildman–Crippen LogP) is 12.4. The number of aromatic nitrogens is 8. The van der Waals surface area contributed by atoms with Crippen molar-refractivity contribution in [3.63, 3.8) is 0 Å². The second-order valence-corrected chi connectivity index (χ2v) is 22.6. The minimum absolute atomic E-state index is 0. The van der Waals surface area contributed by atoms with Crippen molar-refractivity contribution in [3.05, 3.63) is 88.7 Å². The minimum Gasteiger partial charge on any atom is -0.496 e. The maximum atomic E-state index is 13.7. The number of likely N-dealkylation sites (tertiary alicyclic amines) is 1. The average molecular weight is 1210 g/mol. The molecule has 0 aliphatic carbocycles. The molecule has 4 aliphatic rings. The van der Waals surface area contributed by atoms with E-state index in [4.69, 9.17) is 57.2 Å². The van der Waals surface area contributed by atoms with Gasteiger partial charge in [0, 0.05) is 75.8 Å². The van der Waals surface area contributed by atoms with E-state index in [1.807, 2.05) is 88.9 Å². The summed E-state index contributed by atoms with van der Waals surface area (Å²) in [4.78, 5) is 57.3. The van der Waals surface area contributed by atoms with Gasteiger partial charge in [0.1, 0.15) is 72.4 Å². The van der Waals surface area contributed by atoms with E-state index < -0.39 is 0 Å². The molecule has 89 heavy (non-hydrogen) atoms. The van der Waals surface area contributed by atoms with Gasteiger partial charge in [0.05, 0.1) is 64.5 Å². The fraction of sp³-hybridized carbons (Fsp3) is 0.403. The molecule has 0 unspecified atom stereocenters. The summed E-state index contributed by atoms with van der Waals surface area (Å²) in [6.07, 6.45) is 4.24. The number of nitrogens with one attached hydrogen (secondary N) is 2. The molecule has 0 saturated carbocycles. The van der Waals surface area contributed by atoms with E-state index in [9.17, 15) is 9.59 Å². The highest BCUT2D eigenvalue weighted by molar-refractivity contribution is 6.16. The topological polar surface area (TPSA) is 244 Å². The number of carbonyl (C=O) groups is 2. The molecule has 0 radical (unpaired) electrons. The number of hydrogen-bond donors (Lipinski definition) is 2. The summed E-state index contributed by atoms with van der Waals surface area (Å²) < 4.78 is 51.7. The number of amides is 1. The lowest BCUT2D eigenvalue weighted by molar-refractivity contribution is -0.120. The van der Waals surface area contributed by atoms with Crippen LogP contribution < -0.4 is 33.2 Å². The fourth-order valence-corrected chi connectivity index (χ4v) is 12.3. The average Bonchev–Trinajstić information content (AvgIpc) is 1.67. The van der Waals surface area contributed by atoms with E-state index in [1.165, 1.54) is 25.8 Å². The lowest BCUT2D eigenvalue weighted by Crippen LogP contribution is -2.52. The van der Waals surface area contributed by atoms with Crippen molar-refractivity contribution < 1.29 is 51.8 Å². The van der Waals surface area contributed by atoms with Crippen molar-refractivity contribution in [1.29, 1.82) is 0 Å². The fourth-order valence-electron chi connectivity index (χ4n) is 12.3. The number of piperidine rings is 1. The van der Waals surface area contributed by atoms with E-state index in [-0.39, 0.29) is 32.6 Å². The summed E-state index contributed by atoms with van der Waals surface area (Å²) in [7, 11) is 7.58. The molecule has 22 heteroatoms. The normalized spacial score (nSPS) is 16.4. The van der Waals surface area contributed by atoms with Gasteiger partial charge in [-0.25, -0.2) is 19.9 Å². The largest absolute Gasteiger partial charge is 0.496 e. The number of aromatic amines is 2. The second kappa shape index (κ2) is 25.8. The summed E-state index contributed by atoms with van der Waals surface area (Å²) in [5, 5.41) is 11.6. The van der Waals surface area contributed by atoms with E-state index in [0.717, 1.165) is 84.4 Å². The Morgan fingerprint density at radius 3 is 1.54 bits per heavy atom. The number of nitrogens with zero attached hydrogens (tertiary/aromatic N) is 9. The molecular weight excluding hydrogens is 1130 g/mol. The Bertz CT molecular complexity index is 4250. The SMILES string of the molecule is C.C.COc1cc2c(cc1-c1c(C)noc1C)[nH]c1nc(C)nc(-c3ccc(C(=O)N4CCN(C)[C@@H](C)C4)c4c3OCCO4)c12.COc1cc2c(cc1-c1c(C)noc1C)[nH]c1nc(C)nc(-c3ccc(OC=O)c4c3OCCO4)c12.C[C@H]1CCCCN1C. The van der Waals surface area contributed by atoms with Gasteiger partial charge in [-0.3, -0.25) is 9.59 Å². The van der Waals surface area contributed by atoms with Crippen LogP contribution in [0.1, 0.15) is 92.9 Å². The molecule has 4 aliphatic heterocycles. The van der Waals surface area contributed by atoms with Crippen LogP contribution in [-0.4, -0.2) is 160 Å². The van der Waals surface area contributed by atoms with E-state index in [1.54, 1.807) is 20.3 Å². The zero-order chi connectivity index (χ0) is 60.9. The summed E-state index contributed by atoms with van der Waals surface area (Å²) in [5.41, 5.74) is 11.5. The van der Waals surface area contributed by atoms with Crippen molar-refractivity contribution in [3.8, 4) is 85.0 Å². The number of aryl methyl sites for hydroxylation is 6. The highest BCUT2D eigenvalue weighted by atomic mass is 16.6. The van der Waals surface area contributed by atoms with Gasteiger partial charge in [0.15, 0.2) is 23.0 Å². The van der Waals surface area contributed by atoms with Gasteiger partial charge >= 0.3 is 0 Å². The van der Waals surface area contributed by atoms with Gasteiger partial charge in [-0.15, -0.1) is 0 Å². The van der Waals surface area contributed by atoms with E-state index >= 15 is 0 Å². The highest BCUT2D eigenvalue weighted by Gasteiger charge is 2.33. The first-order chi connectivity index (χ1) is 42.0. The van der Waals surface area contributed by atoms with Crippen LogP contribution in [-0.2, 0) is 4.79 Å². The van der Waals surface area contributed by atoms with Gasteiger partial charge < -0.3 is 66.9 Å². The van der Waals surface area contributed by atoms with E-state index in [0.29, 0.717) is 137 Å². The molecule has 1 amide bonds. The highest BCUT2D eigenvalue weighted by Crippen LogP contribution is 2.50. The Morgan fingerprint density at radius 1 is 0.584 bits per heavy atom. The van der Waals surface area contributed by atoms with Crippen LogP contribution in [0.15, 0.2) is 57.6 Å².